The molecule has 1 aliphatic rings. The van der Waals surface area contributed by atoms with Gasteiger partial charge < -0.3 is 5.32 Å². The van der Waals surface area contributed by atoms with Gasteiger partial charge in [0.25, 0.3) is 0 Å². The smallest absolute Gasteiger partial charge is 0.213 e. The van der Waals surface area contributed by atoms with Crippen LogP contribution in [0.25, 0.3) is 0 Å². The third-order valence-electron chi connectivity index (χ3n) is 3.69. The molecule has 0 aliphatic carbocycles. The normalized spacial score (nSPS) is 20.5. The maximum absolute atomic E-state index is 11.8. The Morgan fingerprint density at radius 3 is 2.74 bits per heavy atom. The van der Waals surface area contributed by atoms with Crippen molar-refractivity contribution in [1.82, 2.24) is 19.8 Å². The first-order valence-corrected chi connectivity index (χ1v) is 8.37. The van der Waals surface area contributed by atoms with Crippen LogP contribution in [-0.4, -0.2) is 47.8 Å². The average Bonchev–Trinajstić information content (AvgIpc) is 2.93. The molecule has 0 spiro atoms. The molecule has 0 saturated carbocycles. The number of hydrogen-bond donors (Lipinski definition) is 2. The standard InChI is InChI=1S/C12H22N4O2S/c1-3-19(17,18)16-8-5-11(6-9-16)14-10(2)12-4-7-13-15-12/h4,7,10-11,14H,3,5-6,8-9H2,1-2H3,(H,13,15). The molecule has 0 amide bonds. The Morgan fingerprint density at radius 2 is 2.21 bits per heavy atom. The van der Waals surface area contributed by atoms with Crippen molar-refractivity contribution in [3.8, 4) is 0 Å². The van der Waals surface area contributed by atoms with Crippen LogP contribution < -0.4 is 5.32 Å². The van der Waals surface area contributed by atoms with Crippen LogP contribution in [0, 0.1) is 0 Å². The summed E-state index contributed by atoms with van der Waals surface area (Å²) in [5.41, 5.74) is 1.06. The molecule has 1 fully saturated rings. The van der Waals surface area contributed by atoms with E-state index in [0.717, 1.165) is 18.5 Å². The summed E-state index contributed by atoms with van der Waals surface area (Å²) in [6, 6.07) is 2.53. The predicted octanol–water partition coefficient (Wildman–Crippen LogP) is 0.874. The summed E-state index contributed by atoms with van der Waals surface area (Å²) in [5.74, 6) is 0.190. The Bertz CT molecular complexity index is 478. The number of hydrogen-bond acceptors (Lipinski definition) is 4. The molecule has 0 radical (unpaired) electrons. The van der Waals surface area contributed by atoms with Gasteiger partial charge in [-0.25, -0.2) is 12.7 Å². The molecule has 7 heteroatoms. The lowest BCUT2D eigenvalue weighted by Crippen LogP contribution is -2.45. The lowest BCUT2D eigenvalue weighted by molar-refractivity contribution is 0.276. The Hall–Kier alpha value is -0.920. The van der Waals surface area contributed by atoms with Crippen molar-refractivity contribution in [2.45, 2.75) is 38.8 Å². The predicted molar refractivity (Wildman–Crippen MR) is 74.2 cm³/mol. The largest absolute Gasteiger partial charge is 0.306 e. The van der Waals surface area contributed by atoms with Crippen LogP contribution in [0.15, 0.2) is 12.3 Å². The summed E-state index contributed by atoms with van der Waals surface area (Å²) in [7, 11) is -3.03. The van der Waals surface area contributed by atoms with Crippen LogP contribution in [0.5, 0.6) is 0 Å². The van der Waals surface area contributed by atoms with Crippen molar-refractivity contribution in [2.75, 3.05) is 18.8 Å². The second-order valence-corrected chi connectivity index (χ2v) is 7.23. The molecule has 1 aromatic rings. The van der Waals surface area contributed by atoms with Crippen molar-refractivity contribution < 1.29 is 8.42 Å². The number of sulfonamides is 1. The van der Waals surface area contributed by atoms with Gasteiger partial charge in [-0.2, -0.15) is 5.10 Å². The summed E-state index contributed by atoms with van der Waals surface area (Å²) in [4.78, 5) is 0. The van der Waals surface area contributed by atoms with E-state index in [2.05, 4.69) is 22.4 Å². The van der Waals surface area contributed by atoms with Crippen LogP contribution in [-0.2, 0) is 10.0 Å². The molecule has 2 heterocycles. The van der Waals surface area contributed by atoms with E-state index >= 15 is 0 Å². The van der Waals surface area contributed by atoms with Crippen molar-refractivity contribution in [1.29, 1.82) is 0 Å². The zero-order valence-electron chi connectivity index (χ0n) is 11.5. The Balaban J connectivity index is 1.84. The summed E-state index contributed by atoms with van der Waals surface area (Å²) < 4.78 is 25.1. The third-order valence-corrected chi connectivity index (χ3v) is 5.57. The van der Waals surface area contributed by atoms with Crippen molar-refractivity contribution in [2.24, 2.45) is 0 Å². The van der Waals surface area contributed by atoms with Gasteiger partial charge in [-0.1, -0.05) is 0 Å². The van der Waals surface area contributed by atoms with Gasteiger partial charge in [0.15, 0.2) is 0 Å². The maximum Gasteiger partial charge on any atom is 0.213 e. The minimum atomic E-state index is -3.03. The van der Waals surface area contributed by atoms with E-state index < -0.39 is 10.0 Å². The second-order valence-electron chi connectivity index (χ2n) is 4.97. The highest BCUT2D eigenvalue weighted by Gasteiger charge is 2.27. The molecule has 1 aliphatic heterocycles. The molecule has 1 unspecified atom stereocenters. The highest BCUT2D eigenvalue weighted by atomic mass is 32.2. The zero-order valence-corrected chi connectivity index (χ0v) is 12.3. The van der Waals surface area contributed by atoms with Gasteiger partial charge in [-0.3, -0.25) is 5.10 Å². The van der Waals surface area contributed by atoms with Crippen LogP contribution in [0.1, 0.15) is 38.4 Å². The van der Waals surface area contributed by atoms with Gasteiger partial charge in [-0.05, 0) is 32.8 Å². The van der Waals surface area contributed by atoms with Crippen LogP contribution >= 0.6 is 0 Å². The van der Waals surface area contributed by atoms with Crippen molar-refractivity contribution >= 4 is 10.0 Å². The van der Waals surface area contributed by atoms with Crippen LogP contribution in [0.4, 0.5) is 0 Å². The van der Waals surface area contributed by atoms with Gasteiger partial charge in [0.05, 0.1) is 11.4 Å². The first-order valence-electron chi connectivity index (χ1n) is 6.76. The van der Waals surface area contributed by atoms with E-state index in [-0.39, 0.29) is 11.8 Å². The maximum atomic E-state index is 11.8. The number of aromatic nitrogens is 2. The van der Waals surface area contributed by atoms with E-state index in [1.165, 1.54) is 0 Å². The van der Waals surface area contributed by atoms with Gasteiger partial charge in [0.2, 0.25) is 10.0 Å². The number of nitrogens with one attached hydrogen (secondary N) is 2. The highest BCUT2D eigenvalue weighted by molar-refractivity contribution is 7.89. The number of H-pyrrole nitrogens is 1. The highest BCUT2D eigenvalue weighted by Crippen LogP contribution is 2.17. The van der Waals surface area contributed by atoms with E-state index in [0.29, 0.717) is 19.1 Å². The molecule has 0 aromatic carbocycles. The quantitative estimate of drug-likeness (QED) is 0.842. The lowest BCUT2D eigenvalue weighted by Gasteiger charge is -2.32. The first kappa shape index (κ1) is 14.5. The summed E-state index contributed by atoms with van der Waals surface area (Å²) in [6.07, 6.45) is 3.46. The van der Waals surface area contributed by atoms with Crippen LogP contribution in [0.2, 0.25) is 0 Å². The van der Waals surface area contributed by atoms with E-state index in [4.69, 9.17) is 0 Å². The van der Waals surface area contributed by atoms with Gasteiger partial charge in [-0.15, -0.1) is 0 Å². The minimum absolute atomic E-state index is 0.190. The number of nitrogens with zero attached hydrogens (tertiary/aromatic N) is 2. The second kappa shape index (κ2) is 6.02. The zero-order chi connectivity index (χ0) is 13.9. The van der Waals surface area contributed by atoms with Crippen LogP contribution in [0.3, 0.4) is 0 Å². The molecule has 6 nitrogen and oxygen atoms in total. The molecule has 19 heavy (non-hydrogen) atoms. The number of aromatic amines is 1. The number of piperidine rings is 1. The van der Waals surface area contributed by atoms with Gasteiger partial charge in [0, 0.05) is 31.4 Å². The fourth-order valence-electron chi connectivity index (χ4n) is 2.43. The monoisotopic (exact) mass is 286 g/mol. The SMILES string of the molecule is CCS(=O)(=O)N1CCC(NC(C)c2ccn[nH]2)CC1. The Morgan fingerprint density at radius 1 is 1.53 bits per heavy atom. The molecular weight excluding hydrogens is 264 g/mol. The fraction of sp³-hybridized carbons (Fsp3) is 0.750. The summed E-state index contributed by atoms with van der Waals surface area (Å²) >= 11 is 0. The third kappa shape index (κ3) is 3.55. The van der Waals surface area contributed by atoms with E-state index in [1.807, 2.05) is 6.07 Å². The van der Waals surface area contributed by atoms with Crippen molar-refractivity contribution in [3.05, 3.63) is 18.0 Å². The Labute approximate surface area is 114 Å². The van der Waals surface area contributed by atoms with Crippen molar-refractivity contribution in [3.63, 3.8) is 0 Å². The molecule has 2 rings (SSSR count). The molecule has 0 bridgehead atoms. The molecule has 1 atom stereocenters. The molecule has 108 valence electrons. The molecule has 1 aromatic heterocycles. The molecule has 2 N–H and O–H groups in total. The Kier molecular flexibility index (Phi) is 4.59. The number of rotatable bonds is 5. The van der Waals surface area contributed by atoms with E-state index in [9.17, 15) is 8.42 Å². The van der Waals surface area contributed by atoms with Gasteiger partial charge >= 0.3 is 0 Å². The van der Waals surface area contributed by atoms with E-state index in [1.54, 1.807) is 17.4 Å². The summed E-state index contributed by atoms with van der Waals surface area (Å²) in [6.45, 7) is 5.01. The molecule has 1 saturated heterocycles. The topological polar surface area (TPSA) is 78.1 Å². The first-order chi connectivity index (χ1) is 9.03. The molecular formula is C12H22N4O2S. The fourth-order valence-corrected chi connectivity index (χ4v) is 3.57. The summed E-state index contributed by atoms with van der Waals surface area (Å²) in [5, 5.41) is 10.4. The lowest BCUT2D eigenvalue weighted by atomic mass is 10.1. The van der Waals surface area contributed by atoms with Gasteiger partial charge in [0.1, 0.15) is 0 Å². The average molecular weight is 286 g/mol. The minimum Gasteiger partial charge on any atom is -0.306 e.